The maximum absolute atomic E-state index is 11.7. The molecule has 6 heteroatoms. The van der Waals surface area contributed by atoms with Crippen LogP contribution in [0, 0.1) is 6.92 Å². The van der Waals surface area contributed by atoms with Gasteiger partial charge in [-0.2, -0.15) is 0 Å². The fourth-order valence-electron chi connectivity index (χ4n) is 1.46. The Labute approximate surface area is 119 Å². The van der Waals surface area contributed by atoms with Gasteiger partial charge in [0.25, 0.3) is 0 Å². The molecule has 0 aliphatic heterocycles. The van der Waals surface area contributed by atoms with Gasteiger partial charge in [0, 0.05) is 6.54 Å². The van der Waals surface area contributed by atoms with E-state index in [4.69, 9.17) is 5.73 Å². The Morgan fingerprint density at radius 2 is 1.79 bits per heavy atom. The third-order valence-corrected chi connectivity index (χ3v) is 2.52. The lowest BCUT2D eigenvalue weighted by Gasteiger charge is -2.12. The molecule has 0 saturated carbocycles. The molecular weight excluding hydrogens is 266 g/mol. The zero-order valence-electron chi connectivity index (χ0n) is 11.1. The van der Waals surface area contributed by atoms with Crippen molar-refractivity contribution in [3.63, 3.8) is 0 Å². The standard InChI is InChI=1S/C13H19N3O2.ClH/c1-3-15-11(17)8-16-13(18)12(14)10-6-4-9(2)5-7-10;/h4-7,12H,3,8,14H2,1-2H3,(H,15,17)(H,16,18);1H. The number of benzene rings is 1. The SMILES string of the molecule is CCNC(=O)CNC(=O)C(N)c1ccc(C)cc1.Cl. The van der Waals surface area contributed by atoms with Gasteiger partial charge in [0.05, 0.1) is 6.54 Å². The molecular formula is C13H20ClN3O2. The third kappa shape index (κ3) is 5.72. The van der Waals surface area contributed by atoms with Gasteiger partial charge in [0.15, 0.2) is 0 Å². The zero-order valence-corrected chi connectivity index (χ0v) is 11.9. The van der Waals surface area contributed by atoms with Gasteiger partial charge in [-0.15, -0.1) is 12.4 Å². The van der Waals surface area contributed by atoms with Crippen LogP contribution in [0.4, 0.5) is 0 Å². The molecule has 0 spiro atoms. The predicted molar refractivity (Wildman–Crippen MR) is 77.0 cm³/mol. The van der Waals surface area contributed by atoms with Crippen molar-refractivity contribution in [1.29, 1.82) is 0 Å². The van der Waals surface area contributed by atoms with E-state index in [1.807, 2.05) is 38.1 Å². The molecule has 4 N–H and O–H groups in total. The largest absolute Gasteiger partial charge is 0.355 e. The second-order valence-corrected chi connectivity index (χ2v) is 4.06. The average Bonchev–Trinajstić information content (AvgIpc) is 2.36. The fourth-order valence-corrected chi connectivity index (χ4v) is 1.46. The highest BCUT2D eigenvalue weighted by Gasteiger charge is 2.15. The highest BCUT2D eigenvalue weighted by Crippen LogP contribution is 2.11. The van der Waals surface area contributed by atoms with E-state index >= 15 is 0 Å². The Kier molecular flexibility index (Phi) is 7.79. The van der Waals surface area contributed by atoms with Crippen molar-refractivity contribution < 1.29 is 9.59 Å². The van der Waals surface area contributed by atoms with Crippen LogP contribution in [-0.4, -0.2) is 24.9 Å². The van der Waals surface area contributed by atoms with Crippen molar-refractivity contribution in [2.24, 2.45) is 5.73 Å². The smallest absolute Gasteiger partial charge is 0.241 e. The van der Waals surface area contributed by atoms with Gasteiger partial charge >= 0.3 is 0 Å². The molecule has 0 radical (unpaired) electrons. The second kappa shape index (κ2) is 8.50. The Balaban J connectivity index is 0.00000324. The molecule has 0 aliphatic rings. The molecule has 1 aromatic rings. The first kappa shape index (κ1) is 17.4. The lowest BCUT2D eigenvalue weighted by atomic mass is 10.1. The van der Waals surface area contributed by atoms with Crippen LogP contribution in [0.1, 0.15) is 24.1 Å². The normalized spacial score (nSPS) is 11.1. The first-order valence-corrected chi connectivity index (χ1v) is 5.91. The summed E-state index contributed by atoms with van der Waals surface area (Å²) in [6, 6.07) is 6.66. The van der Waals surface area contributed by atoms with Crippen molar-refractivity contribution in [1.82, 2.24) is 10.6 Å². The molecule has 0 fully saturated rings. The Bertz CT molecular complexity index is 420. The summed E-state index contributed by atoms with van der Waals surface area (Å²) in [6.45, 7) is 4.27. The fraction of sp³-hybridized carbons (Fsp3) is 0.385. The number of carbonyl (C=O) groups is 2. The van der Waals surface area contributed by atoms with Gasteiger partial charge in [0.1, 0.15) is 6.04 Å². The lowest BCUT2D eigenvalue weighted by Crippen LogP contribution is -2.40. The molecule has 5 nitrogen and oxygen atoms in total. The van der Waals surface area contributed by atoms with Gasteiger partial charge in [0.2, 0.25) is 11.8 Å². The summed E-state index contributed by atoms with van der Waals surface area (Å²) in [4.78, 5) is 22.9. The van der Waals surface area contributed by atoms with Crippen molar-refractivity contribution in [3.05, 3.63) is 35.4 Å². The van der Waals surface area contributed by atoms with Gasteiger partial charge in [-0.3, -0.25) is 9.59 Å². The minimum atomic E-state index is -0.750. The van der Waals surface area contributed by atoms with Crippen molar-refractivity contribution >= 4 is 24.2 Å². The van der Waals surface area contributed by atoms with Gasteiger partial charge in [-0.05, 0) is 19.4 Å². The van der Waals surface area contributed by atoms with Crippen LogP contribution in [0.25, 0.3) is 0 Å². The third-order valence-electron chi connectivity index (χ3n) is 2.52. The number of rotatable bonds is 5. The monoisotopic (exact) mass is 285 g/mol. The number of likely N-dealkylation sites (N-methyl/N-ethyl adjacent to an activating group) is 1. The van der Waals surface area contributed by atoms with Crippen LogP contribution < -0.4 is 16.4 Å². The van der Waals surface area contributed by atoms with Crippen molar-refractivity contribution in [3.8, 4) is 0 Å². The zero-order chi connectivity index (χ0) is 13.5. The highest BCUT2D eigenvalue weighted by molar-refractivity contribution is 5.88. The van der Waals surface area contributed by atoms with Gasteiger partial charge < -0.3 is 16.4 Å². The first-order valence-electron chi connectivity index (χ1n) is 5.91. The van der Waals surface area contributed by atoms with E-state index < -0.39 is 6.04 Å². The van der Waals surface area contributed by atoms with Crippen LogP contribution in [0.15, 0.2) is 24.3 Å². The Hall–Kier alpha value is -1.59. The number of nitrogens with two attached hydrogens (primary N) is 1. The number of aryl methyl sites for hydroxylation is 1. The van der Waals surface area contributed by atoms with Gasteiger partial charge in [-0.25, -0.2) is 0 Å². The van der Waals surface area contributed by atoms with E-state index in [1.165, 1.54) is 0 Å². The predicted octanol–water partition coefficient (Wildman–Crippen LogP) is 0.669. The quantitative estimate of drug-likeness (QED) is 0.743. The molecule has 2 amide bonds. The van der Waals surface area contributed by atoms with E-state index in [-0.39, 0.29) is 30.8 Å². The van der Waals surface area contributed by atoms with Crippen LogP contribution in [0.2, 0.25) is 0 Å². The van der Waals surface area contributed by atoms with E-state index in [0.29, 0.717) is 6.54 Å². The number of hydrogen-bond acceptors (Lipinski definition) is 3. The Morgan fingerprint density at radius 3 is 2.32 bits per heavy atom. The molecule has 0 bridgehead atoms. The summed E-state index contributed by atoms with van der Waals surface area (Å²) >= 11 is 0. The summed E-state index contributed by atoms with van der Waals surface area (Å²) in [7, 11) is 0. The van der Waals surface area contributed by atoms with E-state index in [2.05, 4.69) is 10.6 Å². The number of carbonyl (C=O) groups excluding carboxylic acids is 2. The van der Waals surface area contributed by atoms with Gasteiger partial charge in [-0.1, -0.05) is 29.8 Å². The topological polar surface area (TPSA) is 84.2 Å². The maximum Gasteiger partial charge on any atom is 0.241 e. The average molecular weight is 286 g/mol. The molecule has 0 aromatic heterocycles. The molecule has 0 heterocycles. The summed E-state index contributed by atoms with van der Waals surface area (Å²) in [5, 5.41) is 5.10. The first-order chi connectivity index (χ1) is 8.54. The van der Waals surface area contributed by atoms with Crippen LogP contribution >= 0.6 is 12.4 Å². The summed E-state index contributed by atoms with van der Waals surface area (Å²) < 4.78 is 0. The van der Waals surface area contributed by atoms with Crippen LogP contribution in [-0.2, 0) is 9.59 Å². The lowest BCUT2D eigenvalue weighted by molar-refractivity contribution is -0.126. The van der Waals surface area contributed by atoms with Crippen LogP contribution in [0.5, 0.6) is 0 Å². The van der Waals surface area contributed by atoms with E-state index in [0.717, 1.165) is 11.1 Å². The molecule has 1 atom stereocenters. The number of halogens is 1. The van der Waals surface area contributed by atoms with E-state index in [9.17, 15) is 9.59 Å². The molecule has 0 aliphatic carbocycles. The second-order valence-electron chi connectivity index (χ2n) is 4.06. The number of amides is 2. The molecule has 1 aromatic carbocycles. The minimum Gasteiger partial charge on any atom is -0.355 e. The molecule has 1 unspecified atom stereocenters. The maximum atomic E-state index is 11.7. The minimum absolute atomic E-state index is 0. The molecule has 0 saturated heterocycles. The summed E-state index contributed by atoms with van der Waals surface area (Å²) in [6.07, 6.45) is 0. The number of nitrogens with one attached hydrogen (secondary N) is 2. The molecule has 1 rings (SSSR count). The number of hydrogen-bond donors (Lipinski definition) is 3. The molecule has 19 heavy (non-hydrogen) atoms. The molecule has 106 valence electrons. The highest BCUT2D eigenvalue weighted by atomic mass is 35.5. The van der Waals surface area contributed by atoms with Crippen LogP contribution in [0.3, 0.4) is 0 Å². The summed E-state index contributed by atoms with van der Waals surface area (Å²) in [5.41, 5.74) is 7.64. The van der Waals surface area contributed by atoms with E-state index in [1.54, 1.807) is 0 Å². The Morgan fingerprint density at radius 1 is 1.21 bits per heavy atom. The summed E-state index contributed by atoms with van der Waals surface area (Å²) in [5.74, 6) is -0.577. The van der Waals surface area contributed by atoms with Crippen molar-refractivity contribution in [2.45, 2.75) is 19.9 Å². The van der Waals surface area contributed by atoms with Crippen molar-refractivity contribution in [2.75, 3.05) is 13.1 Å².